The number of rotatable bonds is 6. The van der Waals surface area contributed by atoms with Crippen LogP contribution in [0.2, 0.25) is 0 Å². The highest BCUT2D eigenvalue weighted by atomic mass is 32.2. The fraction of sp³-hybridized carbons (Fsp3) is 0.778. The van der Waals surface area contributed by atoms with Crippen LogP contribution in [0, 0.1) is 0 Å². The van der Waals surface area contributed by atoms with Gasteiger partial charge in [-0.25, -0.2) is 0 Å². The van der Waals surface area contributed by atoms with Gasteiger partial charge in [-0.3, -0.25) is 0 Å². The van der Waals surface area contributed by atoms with Gasteiger partial charge in [-0.15, -0.1) is 10.2 Å². The first-order valence-corrected chi connectivity index (χ1v) is 5.97. The molecule has 0 aliphatic rings. The molecule has 0 atom stereocenters. The molecule has 0 aliphatic carbocycles. The maximum atomic E-state index is 9.05. The molecule has 0 unspecified atom stereocenters. The van der Waals surface area contributed by atoms with Crippen LogP contribution in [0.3, 0.4) is 0 Å². The summed E-state index contributed by atoms with van der Waals surface area (Å²) in [6.07, 6.45) is 2.16. The Morgan fingerprint density at radius 2 is 2.07 bits per heavy atom. The lowest BCUT2D eigenvalue weighted by molar-refractivity contribution is 0.263. The Morgan fingerprint density at radius 3 is 2.64 bits per heavy atom. The summed E-state index contributed by atoms with van der Waals surface area (Å²) >= 11 is 1.70. The van der Waals surface area contributed by atoms with E-state index in [2.05, 4.69) is 24.0 Å². The molecule has 1 aromatic heterocycles. The lowest BCUT2D eigenvalue weighted by atomic mass is 10.4. The molecule has 1 rings (SSSR count). The van der Waals surface area contributed by atoms with Crippen molar-refractivity contribution in [2.45, 2.75) is 45.0 Å². The van der Waals surface area contributed by atoms with E-state index in [1.807, 2.05) is 4.57 Å². The standard InChI is InChI=1S/C9H17N3OS/c1-3-5-12-8(7-13)10-11-9(12)14-6-4-2/h13H,3-7H2,1-2H3. The Kier molecular flexibility index (Phi) is 4.97. The Bertz CT molecular complexity index is 275. The maximum absolute atomic E-state index is 9.05. The third kappa shape index (κ3) is 2.72. The number of hydrogen-bond donors (Lipinski definition) is 1. The summed E-state index contributed by atoms with van der Waals surface area (Å²) in [4.78, 5) is 0. The Morgan fingerprint density at radius 1 is 1.29 bits per heavy atom. The fourth-order valence-electron chi connectivity index (χ4n) is 1.18. The van der Waals surface area contributed by atoms with Crippen LogP contribution in [-0.4, -0.2) is 25.6 Å². The van der Waals surface area contributed by atoms with Crippen molar-refractivity contribution < 1.29 is 5.11 Å². The number of hydrogen-bond acceptors (Lipinski definition) is 4. The molecule has 1 heterocycles. The predicted octanol–water partition coefficient (Wildman–Crippen LogP) is 1.68. The van der Waals surface area contributed by atoms with Crippen molar-refractivity contribution in [2.75, 3.05) is 5.75 Å². The Labute approximate surface area is 88.7 Å². The van der Waals surface area contributed by atoms with Gasteiger partial charge >= 0.3 is 0 Å². The number of aliphatic hydroxyl groups excluding tert-OH is 1. The lowest BCUT2D eigenvalue weighted by Gasteiger charge is -2.06. The molecule has 1 aromatic rings. The van der Waals surface area contributed by atoms with Crippen molar-refractivity contribution in [1.82, 2.24) is 14.8 Å². The van der Waals surface area contributed by atoms with Gasteiger partial charge in [0.15, 0.2) is 11.0 Å². The van der Waals surface area contributed by atoms with E-state index in [-0.39, 0.29) is 6.61 Å². The SMILES string of the molecule is CCCSc1nnc(CO)n1CCC. The van der Waals surface area contributed by atoms with Gasteiger partial charge in [0, 0.05) is 12.3 Å². The minimum atomic E-state index is -0.0281. The first-order valence-electron chi connectivity index (χ1n) is 4.99. The number of thioether (sulfide) groups is 1. The summed E-state index contributed by atoms with van der Waals surface area (Å²) in [7, 11) is 0. The third-order valence-electron chi connectivity index (χ3n) is 1.82. The minimum Gasteiger partial charge on any atom is -0.388 e. The molecule has 5 heteroatoms. The lowest BCUT2D eigenvalue weighted by Crippen LogP contribution is -2.04. The molecule has 0 saturated carbocycles. The summed E-state index contributed by atoms with van der Waals surface area (Å²) in [5.41, 5.74) is 0. The van der Waals surface area contributed by atoms with E-state index in [0.29, 0.717) is 5.82 Å². The molecule has 0 fully saturated rings. The molecule has 0 aliphatic heterocycles. The van der Waals surface area contributed by atoms with Crippen LogP contribution < -0.4 is 0 Å². The average Bonchev–Trinajstić information content (AvgIpc) is 2.58. The normalized spacial score (nSPS) is 10.8. The van der Waals surface area contributed by atoms with E-state index in [9.17, 15) is 0 Å². The minimum absolute atomic E-state index is 0.0281. The van der Waals surface area contributed by atoms with Crippen molar-refractivity contribution in [3.63, 3.8) is 0 Å². The second-order valence-corrected chi connectivity index (χ2v) is 4.12. The van der Waals surface area contributed by atoms with Gasteiger partial charge in [0.1, 0.15) is 6.61 Å². The Balaban J connectivity index is 2.75. The predicted molar refractivity (Wildman–Crippen MR) is 57.3 cm³/mol. The van der Waals surface area contributed by atoms with Gasteiger partial charge in [-0.2, -0.15) is 0 Å². The maximum Gasteiger partial charge on any atom is 0.191 e. The second-order valence-electron chi connectivity index (χ2n) is 3.06. The highest BCUT2D eigenvalue weighted by Gasteiger charge is 2.09. The van der Waals surface area contributed by atoms with Gasteiger partial charge in [0.25, 0.3) is 0 Å². The monoisotopic (exact) mass is 215 g/mol. The molecule has 0 spiro atoms. The summed E-state index contributed by atoms with van der Waals surface area (Å²) in [5.74, 6) is 1.72. The van der Waals surface area contributed by atoms with Crippen LogP contribution in [0.4, 0.5) is 0 Å². The number of aromatic nitrogens is 3. The zero-order valence-corrected chi connectivity index (χ0v) is 9.55. The van der Waals surface area contributed by atoms with Crippen LogP contribution in [0.15, 0.2) is 5.16 Å². The number of nitrogens with zero attached hydrogens (tertiary/aromatic N) is 3. The second kappa shape index (κ2) is 6.03. The Hall–Kier alpha value is -0.550. The topological polar surface area (TPSA) is 50.9 Å². The van der Waals surface area contributed by atoms with Crippen LogP contribution >= 0.6 is 11.8 Å². The van der Waals surface area contributed by atoms with Gasteiger partial charge in [-0.05, 0) is 12.8 Å². The summed E-state index contributed by atoms with van der Waals surface area (Å²) in [5, 5.41) is 18.0. The van der Waals surface area contributed by atoms with Crippen LogP contribution in [0.1, 0.15) is 32.5 Å². The highest BCUT2D eigenvalue weighted by Crippen LogP contribution is 2.18. The molecule has 80 valence electrons. The van der Waals surface area contributed by atoms with Gasteiger partial charge in [0.2, 0.25) is 0 Å². The highest BCUT2D eigenvalue weighted by molar-refractivity contribution is 7.99. The summed E-state index contributed by atoms with van der Waals surface area (Å²) < 4.78 is 2.00. The summed E-state index contributed by atoms with van der Waals surface area (Å²) in [6, 6.07) is 0. The van der Waals surface area contributed by atoms with Crippen molar-refractivity contribution in [1.29, 1.82) is 0 Å². The largest absolute Gasteiger partial charge is 0.388 e. The molecule has 1 N–H and O–H groups in total. The zero-order valence-electron chi connectivity index (χ0n) is 8.73. The molecule has 0 aromatic carbocycles. The van der Waals surface area contributed by atoms with Crippen molar-refractivity contribution >= 4 is 11.8 Å². The van der Waals surface area contributed by atoms with Crippen molar-refractivity contribution in [3.05, 3.63) is 5.82 Å². The molecule has 0 bridgehead atoms. The van der Waals surface area contributed by atoms with Gasteiger partial charge < -0.3 is 9.67 Å². The van der Waals surface area contributed by atoms with Crippen LogP contribution in [0.5, 0.6) is 0 Å². The zero-order chi connectivity index (χ0) is 10.4. The fourth-order valence-corrected chi connectivity index (χ4v) is 2.02. The van der Waals surface area contributed by atoms with Crippen LogP contribution in [-0.2, 0) is 13.2 Å². The van der Waals surface area contributed by atoms with E-state index in [4.69, 9.17) is 5.11 Å². The first-order chi connectivity index (χ1) is 6.83. The molecule has 0 amide bonds. The quantitative estimate of drug-likeness (QED) is 0.734. The molecular weight excluding hydrogens is 198 g/mol. The molecule has 14 heavy (non-hydrogen) atoms. The first kappa shape index (κ1) is 11.5. The smallest absolute Gasteiger partial charge is 0.191 e. The average molecular weight is 215 g/mol. The van der Waals surface area contributed by atoms with Gasteiger partial charge in [0.05, 0.1) is 0 Å². The summed E-state index contributed by atoms with van der Waals surface area (Å²) in [6.45, 7) is 5.10. The molecule has 0 radical (unpaired) electrons. The molecule has 0 saturated heterocycles. The third-order valence-corrected chi connectivity index (χ3v) is 2.99. The van der Waals surface area contributed by atoms with Crippen LogP contribution in [0.25, 0.3) is 0 Å². The molecular formula is C9H17N3OS. The van der Waals surface area contributed by atoms with Gasteiger partial charge in [-0.1, -0.05) is 25.6 Å². The number of aliphatic hydroxyl groups is 1. The van der Waals surface area contributed by atoms with E-state index in [1.165, 1.54) is 0 Å². The van der Waals surface area contributed by atoms with Crippen molar-refractivity contribution in [3.8, 4) is 0 Å². The van der Waals surface area contributed by atoms with E-state index < -0.39 is 0 Å². The van der Waals surface area contributed by atoms with E-state index in [0.717, 1.165) is 30.3 Å². The van der Waals surface area contributed by atoms with Crippen molar-refractivity contribution in [2.24, 2.45) is 0 Å². The van der Waals surface area contributed by atoms with E-state index >= 15 is 0 Å². The molecule has 4 nitrogen and oxygen atoms in total. The van der Waals surface area contributed by atoms with E-state index in [1.54, 1.807) is 11.8 Å².